The number of carbonyl (C=O) groups is 2. The highest BCUT2D eigenvalue weighted by molar-refractivity contribution is 5.87. The fraction of sp³-hybridized carbons (Fsp3) is 0.867. The van der Waals surface area contributed by atoms with Gasteiger partial charge >= 0.3 is 0 Å². The summed E-state index contributed by atoms with van der Waals surface area (Å²) >= 11 is 0. The van der Waals surface area contributed by atoms with E-state index in [1.54, 1.807) is 11.8 Å². The SMILES string of the molecule is CC(=O)N1CCCN(C(C)C)CC1C(=O)NC(C)(C)C. The molecule has 1 fully saturated rings. The molecule has 5 nitrogen and oxygen atoms in total. The van der Waals surface area contributed by atoms with E-state index in [0.29, 0.717) is 19.1 Å². The minimum atomic E-state index is -0.392. The van der Waals surface area contributed by atoms with Crippen LogP contribution in [-0.2, 0) is 9.59 Å². The molecule has 2 amide bonds. The fourth-order valence-corrected chi connectivity index (χ4v) is 2.54. The zero-order chi connectivity index (χ0) is 15.5. The first-order chi connectivity index (χ1) is 9.11. The normalized spacial score (nSPS) is 21.8. The summed E-state index contributed by atoms with van der Waals surface area (Å²) in [6, 6.07) is -0.0107. The quantitative estimate of drug-likeness (QED) is 0.829. The molecule has 1 aliphatic rings. The van der Waals surface area contributed by atoms with Gasteiger partial charge in [0.2, 0.25) is 11.8 Å². The molecule has 1 atom stereocenters. The van der Waals surface area contributed by atoms with Crippen LogP contribution in [-0.4, -0.2) is 58.9 Å². The van der Waals surface area contributed by atoms with Crippen molar-refractivity contribution in [2.75, 3.05) is 19.6 Å². The number of nitrogens with zero attached hydrogens (tertiary/aromatic N) is 2. The first-order valence-electron chi connectivity index (χ1n) is 7.45. The molecule has 1 N–H and O–H groups in total. The predicted octanol–water partition coefficient (Wildman–Crippen LogP) is 1.23. The zero-order valence-electron chi connectivity index (χ0n) is 13.7. The topological polar surface area (TPSA) is 52.7 Å². The van der Waals surface area contributed by atoms with E-state index >= 15 is 0 Å². The molecule has 1 rings (SSSR count). The van der Waals surface area contributed by atoms with Crippen molar-refractivity contribution in [2.45, 2.75) is 65.6 Å². The lowest BCUT2D eigenvalue weighted by Crippen LogP contribution is -2.56. The molecule has 0 saturated carbocycles. The Morgan fingerprint density at radius 1 is 1.20 bits per heavy atom. The molecule has 0 bridgehead atoms. The molecule has 0 aromatic carbocycles. The van der Waals surface area contributed by atoms with Gasteiger partial charge in [-0.05, 0) is 41.0 Å². The second-order valence-corrected chi connectivity index (χ2v) is 6.91. The molecule has 1 heterocycles. The summed E-state index contributed by atoms with van der Waals surface area (Å²) in [7, 11) is 0. The largest absolute Gasteiger partial charge is 0.350 e. The molecule has 20 heavy (non-hydrogen) atoms. The lowest BCUT2D eigenvalue weighted by molar-refractivity contribution is -0.139. The first kappa shape index (κ1) is 17.0. The Hall–Kier alpha value is -1.10. The molecule has 1 aliphatic heterocycles. The van der Waals surface area contributed by atoms with Crippen molar-refractivity contribution in [3.63, 3.8) is 0 Å². The van der Waals surface area contributed by atoms with Gasteiger partial charge in [-0.1, -0.05) is 0 Å². The Labute approximate surface area is 122 Å². The van der Waals surface area contributed by atoms with Gasteiger partial charge in [0.1, 0.15) is 6.04 Å². The highest BCUT2D eigenvalue weighted by Crippen LogP contribution is 2.14. The van der Waals surface area contributed by atoms with Crippen molar-refractivity contribution in [3.05, 3.63) is 0 Å². The minimum absolute atomic E-state index is 0.0235. The van der Waals surface area contributed by atoms with Crippen LogP contribution in [0.1, 0.15) is 48.0 Å². The van der Waals surface area contributed by atoms with E-state index in [-0.39, 0.29) is 17.4 Å². The van der Waals surface area contributed by atoms with Crippen LogP contribution >= 0.6 is 0 Å². The third kappa shape index (κ3) is 4.78. The highest BCUT2D eigenvalue weighted by atomic mass is 16.2. The average molecular weight is 283 g/mol. The maximum atomic E-state index is 12.5. The fourth-order valence-electron chi connectivity index (χ4n) is 2.54. The monoisotopic (exact) mass is 283 g/mol. The van der Waals surface area contributed by atoms with Crippen LogP contribution in [0.5, 0.6) is 0 Å². The van der Waals surface area contributed by atoms with E-state index in [0.717, 1.165) is 13.0 Å². The molecule has 0 aromatic heterocycles. The summed E-state index contributed by atoms with van der Waals surface area (Å²) in [5.74, 6) is -0.0788. The molecular weight excluding hydrogens is 254 g/mol. The van der Waals surface area contributed by atoms with Crippen LogP contribution in [0.2, 0.25) is 0 Å². The summed E-state index contributed by atoms with van der Waals surface area (Å²) < 4.78 is 0. The summed E-state index contributed by atoms with van der Waals surface area (Å²) in [6.45, 7) is 13.9. The van der Waals surface area contributed by atoms with Gasteiger partial charge in [-0.15, -0.1) is 0 Å². The second-order valence-electron chi connectivity index (χ2n) is 6.91. The second kappa shape index (κ2) is 6.57. The van der Waals surface area contributed by atoms with E-state index < -0.39 is 6.04 Å². The van der Waals surface area contributed by atoms with Gasteiger partial charge in [0.05, 0.1) is 0 Å². The Kier molecular flexibility index (Phi) is 5.57. The summed E-state index contributed by atoms with van der Waals surface area (Å²) in [5.41, 5.74) is -0.283. The zero-order valence-corrected chi connectivity index (χ0v) is 13.7. The smallest absolute Gasteiger partial charge is 0.244 e. The highest BCUT2D eigenvalue weighted by Gasteiger charge is 2.34. The summed E-state index contributed by atoms with van der Waals surface area (Å²) in [6.07, 6.45) is 0.914. The van der Waals surface area contributed by atoms with Crippen molar-refractivity contribution in [2.24, 2.45) is 0 Å². The first-order valence-corrected chi connectivity index (χ1v) is 7.45. The molecule has 5 heteroatoms. The van der Waals surface area contributed by atoms with Crippen LogP contribution in [0.4, 0.5) is 0 Å². The minimum Gasteiger partial charge on any atom is -0.350 e. The van der Waals surface area contributed by atoms with Crippen molar-refractivity contribution >= 4 is 11.8 Å². The Morgan fingerprint density at radius 3 is 2.25 bits per heavy atom. The molecule has 1 saturated heterocycles. The van der Waals surface area contributed by atoms with Gasteiger partial charge in [-0.25, -0.2) is 0 Å². The molecule has 116 valence electrons. The Bertz CT molecular complexity index is 361. The summed E-state index contributed by atoms with van der Waals surface area (Å²) in [4.78, 5) is 28.3. The molecule has 0 spiro atoms. The number of amides is 2. The number of rotatable bonds is 2. The van der Waals surface area contributed by atoms with Crippen LogP contribution in [0.3, 0.4) is 0 Å². The van der Waals surface area contributed by atoms with Gasteiger partial charge in [0, 0.05) is 38.1 Å². The van der Waals surface area contributed by atoms with Gasteiger partial charge in [0.15, 0.2) is 0 Å². The maximum absolute atomic E-state index is 12.5. The number of carbonyl (C=O) groups excluding carboxylic acids is 2. The van der Waals surface area contributed by atoms with E-state index in [1.165, 1.54) is 0 Å². The van der Waals surface area contributed by atoms with E-state index in [2.05, 4.69) is 24.1 Å². The lowest BCUT2D eigenvalue weighted by atomic mass is 10.1. The van der Waals surface area contributed by atoms with Crippen molar-refractivity contribution in [3.8, 4) is 0 Å². The van der Waals surface area contributed by atoms with Gasteiger partial charge in [-0.3, -0.25) is 14.5 Å². The van der Waals surface area contributed by atoms with Crippen LogP contribution in [0, 0.1) is 0 Å². The van der Waals surface area contributed by atoms with Crippen molar-refractivity contribution in [1.82, 2.24) is 15.1 Å². The maximum Gasteiger partial charge on any atom is 0.244 e. The molecule has 0 aliphatic carbocycles. The average Bonchev–Trinajstić information content (AvgIpc) is 2.48. The molecule has 1 unspecified atom stereocenters. The van der Waals surface area contributed by atoms with E-state index in [1.807, 2.05) is 20.8 Å². The summed E-state index contributed by atoms with van der Waals surface area (Å²) in [5, 5.41) is 3.00. The lowest BCUT2D eigenvalue weighted by Gasteiger charge is -2.33. The van der Waals surface area contributed by atoms with E-state index in [4.69, 9.17) is 0 Å². The molecule has 0 radical (unpaired) electrons. The van der Waals surface area contributed by atoms with Crippen LogP contribution in [0.25, 0.3) is 0 Å². The van der Waals surface area contributed by atoms with Gasteiger partial charge in [-0.2, -0.15) is 0 Å². The standard InChI is InChI=1S/C15H29N3O2/c1-11(2)17-8-7-9-18(12(3)19)13(10-17)14(20)16-15(4,5)6/h11,13H,7-10H2,1-6H3,(H,16,20). The Balaban J connectivity index is 2.92. The Morgan fingerprint density at radius 2 is 1.80 bits per heavy atom. The predicted molar refractivity (Wildman–Crippen MR) is 80.4 cm³/mol. The van der Waals surface area contributed by atoms with Crippen LogP contribution in [0.15, 0.2) is 0 Å². The van der Waals surface area contributed by atoms with Gasteiger partial charge in [0.25, 0.3) is 0 Å². The number of hydrogen-bond donors (Lipinski definition) is 1. The van der Waals surface area contributed by atoms with Crippen molar-refractivity contribution < 1.29 is 9.59 Å². The third-order valence-electron chi connectivity index (χ3n) is 3.56. The van der Waals surface area contributed by atoms with Crippen LogP contribution < -0.4 is 5.32 Å². The van der Waals surface area contributed by atoms with Crippen molar-refractivity contribution in [1.29, 1.82) is 0 Å². The van der Waals surface area contributed by atoms with Gasteiger partial charge < -0.3 is 10.2 Å². The molecular formula is C15H29N3O2. The molecule has 0 aromatic rings. The van der Waals surface area contributed by atoms with E-state index in [9.17, 15) is 9.59 Å². The number of hydrogen-bond acceptors (Lipinski definition) is 3. The third-order valence-corrected chi connectivity index (χ3v) is 3.56. The number of nitrogens with one attached hydrogen (secondary N) is 1.